The van der Waals surface area contributed by atoms with Gasteiger partial charge in [0, 0.05) is 32.9 Å². The van der Waals surface area contributed by atoms with Gasteiger partial charge in [-0.25, -0.2) is 4.98 Å². The van der Waals surface area contributed by atoms with Gasteiger partial charge >= 0.3 is 0 Å². The Labute approximate surface area is 106 Å². The summed E-state index contributed by atoms with van der Waals surface area (Å²) in [5.74, 6) is 2.44. The van der Waals surface area contributed by atoms with Crippen LogP contribution in [0, 0.1) is 0 Å². The number of nitrogens with zero attached hydrogens (tertiary/aromatic N) is 6. The van der Waals surface area contributed by atoms with Crippen molar-refractivity contribution in [3.8, 4) is 0 Å². The van der Waals surface area contributed by atoms with Crippen molar-refractivity contribution < 1.29 is 0 Å². The van der Waals surface area contributed by atoms with Gasteiger partial charge < -0.3 is 15.2 Å². The molecule has 0 spiro atoms. The molecule has 0 amide bonds. The molecule has 2 aromatic heterocycles. The predicted molar refractivity (Wildman–Crippen MR) is 69.3 cm³/mol. The molecule has 0 aromatic carbocycles. The van der Waals surface area contributed by atoms with Crippen LogP contribution < -0.4 is 10.6 Å². The average Bonchev–Trinajstić information content (AvgIpc) is 2.75. The van der Waals surface area contributed by atoms with E-state index in [0.717, 1.165) is 12.2 Å². The molecule has 0 fully saturated rings. The molecule has 2 aromatic rings. The molecular formula is C11H17N7. The summed E-state index contributed by atoms with van der Waals surface area (Å²) in [5.41, 5.74) is 5.68. The van der Waals surface area contributed by atoms with Crippen molar-refractivity contribution in [2.24, 2.45) is 0 Å². The third-order valence-corrected chi connectivity index (χ3v) is 2.52. The smallest absolute Gasteiger partial charge is 0.229 e. The summed E-state index contributed by atoms with van der Waals surface area (Å²) in [6, 6.07) is 0. The van der Waals surface area contributed by atoms with Crippen molar-refractivity contribution in [3.05, 3.63) is 24.0 Å². The zero-order chi connectivity index (χ0) is 13.1. The average molecular weight is 247 g/mol. The van der Waals surface area contributed by atoms with E-state index in [9.17, 15) is 0 Å². The van der Waals surface area contributed by atoms with Crippen molar-refractivity contribution in [1.82, 2.24) is 24.5 Å². The summed E-state index contributed by atoms with van der Waals surface area (Å²) in [7, 11) is 3.74. The van der Waals surface area contributed by atoms with Gasteiger partial charge in [-0.05, 0) is 0 Å². The summed E-state index contributed by atoms with van der Waals surface area (Å²) in [5, 5.41) is 0. The number of imidazole rings is 1. The minimum absolute atomic E-state index is 0.238. The maximum Gasteiger partial charge on any atom is 0.229 e. The highest BCUT2D eigenvalue weighted by molar-refractivity contribution is 5.32. The zero-order valence-electron chi connectivity index (χ0n) is 10.8. The maximum atomic E-state index is 5.68. The van der Waals surface area contributed by atoms with E-state index < -0.39 is 0 Å². The van der Waals surface area contributed by atoms with Crippen molar-refractivity contribution in [3.63, 3.8) is 0 Å². The van der Waals surface area contributed by atoms with Crippen molar-refractivity contribution in [2.75, 3.05) is 24.7 Å². The highest BCUT2D eigenvalue weighted by atomic mass is 15.3. The van der Waals surface area contributed by atoms with Gasteiger partial charge in [0.25, 0.3) is 0 Å². The van der Waals surface area contributed by atoms with E-state index in [1.807, 2.05) is 24.9 Å². The monoisotopic (exact) mass is 247 g/mol. The first kappa shape index (κ1) is 12.3. The van der Waals surface area contributed by atoms with Gasteiger partial charge in [0.1, 0.15) is 5.82 Å². The van der Waals surface area contributed by atoms with E-state index in [1.165, 1.54) is 0 Å². The second-order valence-electron chi connectivity index (χ2n) is 4.13. The van der Waals surface area contributed by atoms with Crippen molar-refractivity contribution in [1.29, 1.82) is 0 Å². The quantitative estimate of drug-likeness (QED) is 0.837. The summed E-state index contributed by atoms with van der Waals surface area (Å²) in [4.78, 5) is 18.6. The van der Waals surface area contributed by atoms with E-state index in [1.54, 1.807) is 11.1 Å². The van der Waals surface area contributed by atoms with Crippen LogP contribution in [0.15, 0.2) is 12.4 Å². The molecule has 7 heteroatoms. The van der Waals surface area contributed by atoms with Gasteiger partial charge in [0.15, 0.2) is 5.82 Å². The second kappa shape index (κ2) is 4.99. The Morgan fingerprint density at radius 3 is 2.72 bits per heavy atom. The fraction of sp³-hybridized carbons (Fsp3) is 0.455. The van der Waals surface area contributed by atoms with E-state index in [0.29, 0.717) is 18.3 Å². The van der Waals surface area contributed by atoms with Crippen LogP contribution in [0.2, 0.25) is 0 Å². The largest absolute Gasteiger partial charge is 0.368 e. The van der Waals surface area contributed by atoms with E-state index in [-0.39, 0.29) is 5.95 Å². The van der Waals surface area contributed by atoms with Crippen LogP contribution in [0.3, 0.4) is 0 Å². The van der Waals surface area contributed by atoms with Gasteiger partial charge in [-0.15, -0.1) is 0 Å². The molecule has 0 atom stereocenters. The molecule has 0 bridgehead atoms. The maximum absolute atomic E-state index is 5.68. The highest BCUT2D eigenvalue weighted by Gasteiger charge is 2.08. The molecule has 0 saturated heterocycles. The van der Waals surface area contributed by atoms with E-state index in [2.05, 4.69) is 26.9 Å². The van der Waals surface area contributed by atoms with Crippen LogP contribution in [0.4, 0.5) is 11.9 Å². The normalized spacial score (nSPS) is 10.6. The third kappa shape index (κ3) is 2.55. The summed E-state index contributed by atoms with van der Waals surface area (Å²) < 4.78 is 2.01. The molecule has 2 N–H and O–H groups in total. The molecule has 2 heterocycles. The summed E-state index contributed by atoms with van der Waals surface area (Å²) in [6.45, 7) is 2.61. The highest BCUT2D eigenvalue weighted by Crippen LogP contribution is 2.08. The Balaban J connectivity index is 2.29. The molecule has 0 unspecified atom stereocenters. The minimum Gasteiger partial charge on any atom is -0.368 e. The van der Waals surface area contributed by atoms with Gasteiger partial charge in [-0.2, -0.15) is 15.0 Å². The fourth-order valence-electron chi connectivity index (χ4n) is 1.65. The predicted octanol–water partition coefficient (Wildman–Crippen LogP) is 0.327. The molecule has 2 rings (SSSR count). The first-order valence-corrected chi connectivity index (χ1v) is 5.78. The number of hydrogen-bond donors (Lipinski definition) is 1. The number of nitrogens with two attached hydrogens (primary N) is 1. The van der Waals surface area contributed by atoms with Gasteiger partial charge in [0.2, 0.25) is 11.9 Å². The lowest BCUT2D eigenvalue weighted by Crippen LogP contribution is -2.17. The molecule has 0 aliphatic heterocycles. The Bertz CT molecular complexity index is 532. The molecular weight excluding hydrogens is 230 g/mol. The van der Waals surface area contributed by atoms with E-state index in [4.69, 9.17) is 5.73 Å². The molecule has 96 valence electrons. The standard InChI is InChI=1S/C11H17N7/c1-4-9-13-5-6-18(9)7-8-14-10(12)16-11(15-8)17(2)3/h5-6H,4,7H2,1-3H3,(H2,12,14,15,16). The number of anilines is 2. The third-order valence-electron chi connectivity index (χ3n) is 2.52. The SMILES string of the molecule is CCc1nccn1Cc1nc(N)nc(N(C)C)n1. The Hall–Kier alpha value is -2.18. The Morgan fingerprint density at radius 1 is 1.28 bits per heavy atom. The number of nitrogen functional groups attached to an aromatic ring is 1. The van der Waals surface area contributed by atoms with Crippen LogP contribution in [0.5, 0.6) is 0 Å². The first-order chi connectivity index (χ1) is 8.60. The number of aromatic nitrogens is 5. The topological polar surface area (TPSA) is 85.8 Å². The zero-order valence-corrected chi connectivity index (χ0v) is 10.8. The number of rotatable bonds is 4. The van der Waals surface area contributed by atoms with Gasteiger partial charge in [-0.3, -0.25) is 0 Å². The first-order valence-electron chi connectivity index (χ1n) is 5.78. The van der Waals surface area contributed by atoms with E-state index >= 15 is 0 Å². The van der Waals surface area contributed by atoms with Crippen LogP contribution >= 0.6 is 0 Å². The molecule has 0 aliphatic carbocycles. The lowest BCUT2D eigenvalue weighted by atomic mass is 10.4. The van der Waals surface area contributed by atoms with Crippen LogP contribution in [0.25, 0.3) is 0 Å². The second-order valence-corrected chi connectivity index (χ2v) is 4.13. The molecule has 18 heavy (non-hydrogen) atoms. The lowest BCUT2D eigenvalue weighted by molar-refractivity contribution is 0.691. The summed E-state index contributed by atoms with van der Waals surface area (Å²) in [6.07, 6.45) is 4.55. The summed E-state index contributed by atoms with van der Waals surface area (Å²) >= 11 is 0. The van der Waals surface area contributed by atoms with Gasteiger partial charge in [-0.1, -0.05) is 6.92 Å². The lowest BCUT2D eigenvalue weighted by Gasteiger charge is -2.12. The van der Waals surface area contributed by atoms with Crippen LogP contribution in [-0.2, 0) is 13.0 Å². The Kier molecular flexibility index (Phi) is 3.40. The Morgan fingerprint density at radius 2 is 2.06 bits per heavy atom. The minimum atomic E-state index is 0.238. The van der Waals surface area contributed by atoms with Crippen molar-refractivity contribution >= 4 is 11.9 Å². The van der Waals surface area contributed by atoms with Crippen LogP contribution in [0.1, 0.15) is 18.6 Å². The van der Waals surface area contributed by atoms with Crippen LogP contribution in [-0.4, -0.2) is 38.6 Å². The molecule has 0 saturated carbocycles. The fourth-order valence-corrected chi connectivity index (χ4v) is 1.65. The molecule has 0 aliphatic rings. The van der Waals surface area contributed by atoms with Gasteiger partial charge in [0.05, 0.1) is 6.54 Å². The molecule has 0 radical (unpaired) electrons. The number of hydrogen-bond acceptors (Lipinski definition) is 6. The number of aryl methyl sites for hydroxylation is 1. The molecule has 7 nitrogen and oxygen atoms in total. The van der Waals surface area contributed by atoms with Crippen molar-refractivity contribution in [2.45, 2.75) is 19.9 Å².